The Bertz CT molecular complexity index is 1260. The third kappa shape index (κ3) is 6.50. The summed E-state index contributed by atoms with van der Waals surface area (Å²) >= 11 is 12.2. The molecule has 1 aromatic heterocycles. The van der Waals surface area contributed by atoms with Crippen LogP contribution in [0.25, 0.3) is 11.4 Å². The van der Waals surface area contributed by atoms with E-state index in [4.69, 9.17) is 27.7 Å². The minimum Gasteiger partial charge on any atom is -0.352 e. The van der Waals surface area contributed by atoms with E-state index in [1.54, 1.807) is 18.2 Å². The highest BCUT2D eigenvalue weighted by Gasteiger charge is 2.27. The number of rotatable bonds is 8. The molecule has 2 amide bonds. The van der Waals surface area contributed by atoms with Crippen molar-refractivity contribution in [1.29, 1.82) is 0 Å². The van der Waals surface area contributed by atoms with Crippen LogP contribution in [0, 0.1) is 5.92 Å². The maximum absolute atomic E-state index is 12.9. The van der Waals surface area contributed by atoms with E-state index in [0.717, 1.165) is 43.5 Å². The van der Waals surface area contributed by atoms with Gasteiger partial charge in [0.2, 0.25) is 23.5 Å². The lowest BCUT2D eigenvalue weighted by molar-refractivity contribution is -0.128. The zero-order valence-electron chi connectivity index (χ0n) is 20.5. The molecular weight excluding hydrogens is 513 g/mol. The molecule has 10 heteroatoms. The molecule has 37 heavy (non-hydrogen) atoms. The van der Waals surface area contributed by atoms with Crippen molar-refractivity contribution in [3.8, 4) is 11.4 Å². The van der Waals surface area contributed by atoms with Gasteiger partial charge in [-0.25, -0.2) is 0 Å². The molecule has 2 aliphatic heterocycles. The van der Waals surface area contributed by atoms with Crippen LogP contribution in [0.5, 0.6) is 0 Å². The van der Waals surface area contributed by atoms with Crippen LogP contribution in [0.4, 0.5) is 0 Å². The van der Waals surface area contributed by atoms with Crippen molar-refractivity contribution in [3.05, 3.63) is 69.5 Å². The van der Waals surface area contributed by atoms with Crippen LogP contribution in [0.1, 0.15) is 42.7 Å². The van der Waals surface area contributed by atoms with Crippen molar-refractivity contribution >= 4 is 35.0 Å². The number of nitrogens with zero attached hydrogens (tertiary/aromatic N) is 4. The summed E-state index contributed by atoms with van der Waals surface area (Å²) < 4.78 is 5.45. The van der Waals surface area contributed by atoms with Crippen LogP contribution in [-0.4, -0.2) is 51.4 Å². The summed E-state index contributed by atoms with van der Waals surface area (Å²) in [6.45, 7) is 3.94. The lowest BCUT2D eigenvalue weighted by Gasteiger charge is -2.30. The van der Waals surface area contributed by atoms with Crippen molar-refractivity contribution < 1.29 is 14.1 Å². The summed E-state index contributed by atoms with van der Waals surface area (Å²) in [6, 6.07) is 13.2. The summed E-state index contributed by atoms with van der Waals surface area (Å²) in [5, 5.41) is 8.15. The van der Waals surface area contributed by atoms with Crippen LogP contribution in [0.3, 0.4) is 0 Å². The molecule has 0 spiro atoms. The maximum Gasteiger partial charge on any atom is 0.241 e. The molecule has 194 valence electrons. The third-order valence-corrected chi connectivity index (χ3v) is 7.46. The Labute approximate surface area is 225 Å². The van der Waals surface area contributed by atoms with Gasteiger partial charge in [-0.3, -0.25) is 14.5 Å². The van der Waals surface area contributed by atoms with Crippen molar-refractivity contribution in [3.63, 3.8) is 0 Å². The van der Waals surface area contributed by atoms with Gasteiger partial charge in [-0.1, -0.05) is 52.6 Å². The molecule has 1 N–H and O–H groups in total. The number of hydrogen-bond acceptors (Lipinski definition) is 6. The quantitative estimate of drug-likeness (QED) is 0.444. The van der Waals surface area contributed by atoms with Crippen molar-refractivity contribution in [2.24, 2.45) is 5.92 Å². The van der Waals surface area contributed by atoms with E-state index in [1.165, 1.54) is 0 Å². The smallest absolute Gasteiger partial charge is 0.241 e. The molecule has 5 rings (SSSR count). The molecule has 1 unspecified atom stereocenters. The van der Waals surface area contributed by atoms with Crippen LogP contribution >= 0.6 is 23.2 Å². The minimum atomic E-state index is -0.0951. The second-order valence-electron chi connectivity index (χ2n) is 9.66. The zero-order chi connectivity index (χ0) is 25.8. The van der Waals surface area contributed by atoms with Gasteiger partial charge in [0.1, 0.15) is 0 Å². The maximum atomic E-state index is 12.9. The molecule has 2 aliphatic rings. The monoisotopic (exact) mass is 541 g/mol. The number of aromatic nitrogens is 2. The molecule has 0 radical (unpaired) electrons. The number of hydrogen-bond donors (Lipinski definition) is 1. The standard InChI is InChI=1S/C27H29Cl2N5O3/c28-21-9-10-22(23(29)13-21)26-31-24(37-32-26)17-33-11-1-3-20(16-33)27(36)30-14-18-5-7-19(8-6-18)15-34-12-2-4-25(34)35/h5-10,13,20H,1-4,11-12,14-17H2,(H,30,36). The summed E-state index contributed by atoms with van der Waals surface area (Å²) in [5.41, 5.74) is 2.81. The molecule has 0 aliphatic carbocycles. The first-order valence-corrected chi connectivity index (χ1v) is 13.3. The first kappa shape index (κ1) is 25.7. The van der Waals surface area contributed by atoms with E-state index in [1.807, 2.05) is 29.2 Å². The Morgan fingerprint density at radius 2 is 1.86 bits per heavy atom. The van der Waals surface area contributed by atoms with Gasteiger partial charge < -0.3 is 14.7 Å². The van der Waals surface area contributed by atoms with E-state index >= 15 is 0 Å². The molecule has 2 fully saturated rings. The Balaban J connectivity index is 1.11. The number of nitrogens with one attached hydrogen (secondary N) is 1. The Hall–Kier alpha value is -2.94. The van der Waals surface area contributed by atoms with E-state index < -0.39 is 0 Å². The molecule has 0 bridgehead atoms. The third-order valence-electron chi connectivity index (χ3n) is 6.91. The Morgan fingerprint density at radius 3 is 2.62 bits per heavy atom. The van der Waals surface area contributed by atoms with E-state index in [2.05, 4.69) is 20.4 Å². The van der Waals surface area contributed by atoms with Crippen LogP contribution in [-0.2, 0) is 29.2 Å². The van der Waals surface area contributed by atoms with E-state index in [0.29, 0.717) is 59.9 Å². The fraction of sp³-hybridized carbons (Fsp3) is 0.407. The average molecular weight is 542 g/mol. The van der Waals surface area contributed by atoms with Gasteiger partial charge in [0, 0.05) is 43.2 Å². The van der Waals surface area contributed by atoms with Crippen molar-refractivity contribution in [2.45, 2.75) is 45.3 Å². The van der Waals surface area contributed by atoms with E-state index in [9.17, 15) is 9.59 Å². The molecule has 2 saturated heterocycles. The summed E-state index contributed by atoms with van der Waals surface area (Å²) in [5.74, 6) is 1.08. The highest BCUT2D eigenvalue weighted by Crippen LogP contribution is 2.29. The van der Waals surface area contributed by atoms with Crippen LogP contribution in [0.2, 0.25) is 10.0 Å². The average Bonchev–Trinajstić information content (AvgIpc) is 3.52. The fourth-order valence-corrected chi connectivity index (χ4v) is 5.38. The molecular formula is C27H29Cl2N5O3. The zero-order valence-corrected chi connectivity index (χ0v) is 22.0. The fourth-order valence-electron chi connectivity index (χ4n) is 4.89. The van der Waals surface area contributed by atoms with Crippen LogP contribution in [0.15, 0.2) is 47.0 Å². The number of amides is 2. The lowest BCUT2D eigenvalue weighted by atomic mass is 9.97. The summed E-state index contributed by atoms with van der Waals surface area (Å²) in [6.07, 6.45) is 3.36. The minimum absolute atomic E-state index is 0.0515. The highest BCUT2D eigenvalue weighted by molar-refractivity contribution is 6.36. The topological polar surface area (TPSA) is 91.6 Å². The Morgan fingerprint density at radius 1 is 1.05 bits per heavy atom. The van der Waals surface area contributed by atoms with Gasteiger partial charge in [-0.05, 0) is 55.1 Å². The molecule has 2 aromatic carbocycles. The second-order valence-corrected chi connectivity index (χ2v) is 10.5. The van der Waals surface area contributed by atoms with Gasteiger partial charge in [0.05, 0.1) is 17.5 Å². The number of likely N-dealkylation sites (tertiary alicyclic amines) is 2. The van der Waals surface area contributed by atoms with Crippen LogP contribution < -0.4 is 5.32 Å². The molecule has 8 nitrogen and oxygen atoms in total. The predicted molar refractivity (Wildman–Crippen MR) is 141 cm³/mol. The van der Waals surface area contributed by atoms with Gasteiger partial charge in [-0.15, -0.1) is 0 Å². The van der Waals surface area contributed by atoms with Gasteiger partial charge in [0.15, 0.2) is 0 Å². The number of benzene rings is 2. The number of carbonyl (C=O) groups is 2. The summed E-state index contributed by atoms with van der Waals surface area (Å²) in [4.78, 5) is 33.3. The van der Waals surface area contributed by atoms with Gasteiger partial charge in [-0.2, -0.15) is 4.98 Å². The van der Waals surface area contributed by atoms with Gasteiger partial charge in [0.25, 0.3) is 0 Å². The van der Waals surface area contributed by atoms with E-state index in [-0.39, 0.29) is 17.7 Å². The normalized spacial score (nSPS) is 18.4. The number of carbonyl (C=O) groups excluding carboxylic acids is 2. The molecule has 0 saturated carbocycles. The van der Waals surface area contributed by atoms with Crippen molar-refractivity contribution in [2.75, 3.05) is 19.6 Å². The second kappa shape index (κ2) is 11.6. The summed E-state index contributed by atoms with van der Waals surface area (Å²) in [7, 11) is 0. The van der Waals surface area contributed by atoms with Crippen molar-refractivity contribution in [1.82, 2.24) is 25.3 Å². The SMILES string of the molecule is O=C(NCc1ccc(CN2CCCC2=O)cc1)C1CCCN(Cc2nc(-c3ccc(Cl)cc3Cl)no2)C1. The molecule has 1 atom stereocenters. The Kier molecular flexibility index (Phi) is 8.08. The first-order chi connectivity index (χ1) is 17.9. The highest BCUT2D eigenvalue weighted by atomic mass is 35.5. The lowest BCUT2D eigenvalue weighted by Crippen LogP contribution is -2.42. The number of piperidine rings is 1. The molecule has 3 aromatic rings. The first-order valence-electron chi connectivity index (χ1n) is 12.6. The van der Waals surface area contributed by atoms with Gasteiger partial charge >= 0.3 is 0 Å². The number of halogens is 2. The largest absolute Gasteiger partial charge is 0.352 e. The predicted octanol–water partition coefficient (Wildman–Crippen LogP) is 4.69. The molecule has 3 heterocycles.